The van der Waals surface area contributed by atoms with Gasteiger partial charge < -0.3 is 11.1 Å². The van der Waals surface area contributed by atoms with E-state index in [1.165, 1.54) is 5.56 Å². The van der Waals surface area contributed by atoms with Crippen molar-refractivity contribution >= 4 is 22.9 Å². The van der Waals surface area contributed by atoms with E-state index >= 15 is 0 Å². The Hall–Kier alpha value is -5.30. The van der Waals surface area contributed by atoms with Crippen molar-refractivity contribution in [2.45, 2.75) is 13.5 Å². The number of hydrogen-bond acceptors (Lipinski definition) is 5. The van der Waals surface area contributed by atoms with E-state index in [1.807, 2.05) is 71.4 Å². The fourth-order valence-corrected chi connectivity index (χ4v) is 4.62. The number of nitrogens with two attached hydrogens (primary N) is 1. The highest BCUT2D eigenvalue weighted by atomic mass is 16.1. The first-order chi connectivity index (χ1) is 19.1. The number of rotatable bonds is 6. The SMILES string of the molecule is Cc1cccc(-c2cnc3c(c2)nc(-c2cccnc2N)n3-c2ccc(CNC(=O)c3ccccc3)cc2)c1. The summed E-state index contributed by atoms with van der Waals surface area (Å²) in [5.41, 5.74) is 14.2. The number of imidazole rings is 1. The molecule has 0 aliphatic carbocycles. The van der Waals surface area contributed by atoms with Crippen LogP contribution in [-0.4, -0.2) is 25.4 Å². The fraction of sp³-hybridized carbons (Fsp3) is 0.0625. The van der Waals surface area contributed by atoms with Gasteiger partial charge in [-0.1, -0.05) is 60.2 Å². The van der Waals surface area contributed by atoms with Crippen molar-refractivity contribution in [2.24, 2.45) is 0 Å². The van der Waals surface area contributed by atoms with E-state index in [0.29, 0.717) is 23.8 Å². The van der Waals surface area contributed by atoms with Crippen molar-refractivity contribution in [3.05, 3.63) is 126 Å². The Morgan fingerprint density at radius 1 is 0.872 bits per heavy atom. The minimum absolute atomic E-state index is 0.108. The van der Waals surface area contributed by atoms with Gasteiger partial charge in [0.05, 0.1) is 5.56 Å². The Balaban J connectivity index is 1.37. The molecule has 3 N–H and O–H groups in total. The maximum absolute atomic E-state index is 12.5. The Labute approximate surface area is 226 Å². The van der Waals surface area contributed by atoms with Gasteiger partial charge in [-0.05, 0) is 60.5 Å². The van der Waals surface area contributed by atoms with Gasteiger partial charge in [0.2, 0.25) is 0 Å². The first-order valence-corrected chi connectivity index (χ1v) is 12.7. The Bertz CT molecular complexity index is 1790. The number of nitrogens with one attached hydrogen (secondary N) is 1. The third-order valence-corrected chi connectivity index (χ3v) is 6.61. The van der Waals surface area contributed by atoms with E-state index in [1.54, 1.807) is 18.3 Å². The fourth-order valence-electron chi connectivity index (χ4n) is 4.62. The van der Waals surface area contributed by atoms with Gasteiger partial charge in [-0.3, -0.25) is 9.36 Å². The number of nitrogen functional groups attached to an aromatic ring is 1. The van der Waals surface area contributed by atoms with Gasteiger partial charge >= 0.3 is 0 Å². The largest absolute Gasteiger partial charge is 0.383 e. The van der Waals surface area contributed by atoms with E-state index in [9.17, 15) is 4.79 Å². The number of benzene rings is 3. The predicted octanol–water partition coefficient (Wildman–Crippen LogP) is 5.97. The molecule has 6 rings (SSSR count). The van der Waals surface area contributed by atoms with Crippen LogP contribution in [0.4, 0.5) is 5.82 Å². The molecule has 0 aliphatic rings. The van der Waals surface area contributed by atoms with E-state index < -0.39 is 0 Å². The lowest BCUT2D eigenvalue weighted by Crippen LogP contribution is -2.22. The number of anilines is 1. The number of carbonyl (C=O) groups excluding carboxylic acids is 1. The molecule has 0 aliphatic heterocycles. The molecule has 3 heterocycles. The summed E-state index contributed by atoms with van der Waals surface area (Å²) in [6, 6.07) is 31.3. The van der Waals surface area contributed by atoms with Gasteiger partial charge in [-0.15, -0.1) is 0 Å². The molecule has 190 valence electrons. The molecule has 3 aromatic heterocycles. The molecule has 0 spiro atoms. The smallest absolute Gasteiger partial charge is 0.251 e. The Kier molecular flexibility index (Phi) is 6.31. The Morgan fingerprint density at radius 2 is 1.69 bits per heavy atom. The molecule has 0 bridgehead atoms. The van der Waals surface area contributed by atoms with E-state index in [-0.39, 0.29) is 5.91 Å². The van der Waals surface area contributed by atoms with Crippen molar-refractivity contribution in [1.29, 1.82) is 0 Å². The highest BCUT2D eigenvalue weighted by molar-refractivity contribution is 5.94. The summed E-state index contributed by atoms with van der Waals surface area (Å²) in [4.78, 5) is 26.5. The van der Waals surface area contributed by atoms with Crippen LogP contribution in [0.15, 0.2) is 109 Å². The van der Waals surface area contributed by atoms with Gasteiger partial charge in [0.1, 0.15) is 11.3 Å². The van der Waals surface area contributed by atoms with Crippen LogP contribution >= 0.6 is 0 Å². The van der Waals surface area contributed by atoms with Crippen LogP contribution in [0.5, 0.6) is 0 Å². The predicted molar refractivity (Wildman–Crippen MR) is 154 cm³/mol. The van der Waals surface area contributed by atoms with Crippen molar-refractivity contribution in [3.8, 4) is 28.2 Å². The summed E-state index contributed by atoms with van der Waals surface area (Å²) >= 11 is 0. The molecule has 7 nitrogen and oxygen atoms in total. The molecule has 0 radical (unpaired) electrons. The molecule has 6 aromatic rings. The molecule has 0 saturated heterocycles. The summed E-state index contributed by atoms with van der Waals surface area (Å²) in [6.45, 7) is 2.49. The van der Waals surface area contributed by atoms with Crippen LogP contribution in [0.25, 0.3) is 39.4 Å². The number of aryl methyl sites for hydroxylation is 1. The minimum Gasteiger partial charge on any atom is -0.383 e. The third kappa shape index (κ3) is 4.85. The van der Waals surface area contributed by atoms with Crippen molar-refractivity contribution in [2.75, 3.05) is 5.73 Å². The molecular formula is C32H26N6O. The summed E-state index contributed by atoms with van der Waals surface area (Å²) < 4.78 is 2.00. The summed E-state index contributed by atoms with van der Waals surface area (Å²) in [5, 5.41) is 2.97. The van der Waals surface area contributed by atoms with E-state index in [0.717, 1.165) is 39.1 Å². The second-order valence-electron chi connectivity index (χ2n) is 9.36. The third-order valence-electron chi connectivity index (χ3n) is 6.61. The average molecular weight is 511 g/mol. The van der Waals surface area contributed by atoms with Crippen molar-refractivity contribution in [1.82, 2.24) is 24.8 Å². The second kappa shape index (κ2) is 10.2. The van der Waals surface area contributed by atoms with Crippen LogP contribution in [0.3, 0.4) is 0 Å². The van der Waals surface area contributed by atoms with Gasteiger partial charge in [0.15, 0.2) is 11.5 Å². The lowest BCUT2D eigenvalue weighted by molar-refractivity contribution is 0.0951. The number of nitrogens with zero attached hydrogens (tertiary/aromatic N) is 4. The molecule has 0 saturated carbocycles. The van der Waals surface area contributed by atoms with Crippen LogP contribution in [0.2, 0.25) is 0 Å². The zero-order valence-electron chi connectivity index (χ0n) is 21.4. The molecule has 0 atom stereocenters. The van der Waals surface area contributed by atoms with Crippen LogP contribution in [-0.2, 0) is 6.54 Å². The van der Waals surface area contributed by atoms with Crippen molar-refractivity contribution in [3.63, 3.8) is 0 Å². The van der Waals surface area contributed by atoms with Gasteiger partial charge in [0, 0.05) is 35.8 Å². The van der Waals surface area contributed by atoms with Crippen molar-refractivity contribution < 1.29 is 4.79 Å². The van der Waals surface area contributed by atoms with Crippen LogP contribution in [0.1, 0.15) is 21.5 Å². The number of aromatic nitrogens is 4. The maximum Gasteiger partial charge on any atom is 0.251 e. The second-order valence-corrected chi connectivity index (χ2v) is 9.36. The van der Waals surface area contributed by atoms with Crippen LogP contribution in [0, 0.1) is 6.92 Å². The molecule has 7 heteroatoms. The monoisotopic (exact) mass is 510 g/mol. The molecule has 39 heavy (non-hydrogen) atoms. The molecule has 0 fully saturated rings. The van der Waals surface area contributed by atoms with Gasteiger partial charge in [-0.2, -0.15) is 0 Å². The lowest BCUT2D eigenvalue weighted by atomic mass is 10.1. The quantitative estimate of drug-likeness (QED) is 0.288. The first kappa shape index (κ1) is 24.1. The average Bonchev–Trinajstić information content (AvgIpc) is 3.35. The summed E-state index contributed by atoms with van der Waals surface area (Å²) in [7, 11) is 0. The lowest BCUT2D eigenvalue weighted by Gasteiger charge is -2.11. The zero-order chi connectivity index (χ0) is 26.8. The van der Waals surface area contributed by atoms with Gasteiger partial charge in [-0.25, -0.2) is 15.0 Å². The highest BCUT2D eigenvalue weighted by Gasteiger charge is 2.18. The van der Waals surface area contributed by atoms with Gasteiger partial charge in [0.25, 0.3) is 5.91 Å². The molecule has 0 unspecified atom stereocenters. The summed E-state index contributed by atoms with van der Waals surface area (Å²) in [5.74, 6) is 0.950. The topological polar surface area (TPSA) is 98.7 Å². The first-order valence-electron chi connectivity index (χ1n) is 12.7. The normalized spacial score (nSPS) is 11.0. The Morgan fingerprint density at radius 3 is 2.46 bits per heavy atom. The number of amides is 1. The summed E-state index contributed by atoms with van der Waals surface area (Å²) in [6.07, 6.45) is 3.54. The number of carbonyl (C=O) groups is 1. The standard InChI is InChI=1S/C32H26N6O/c1-21-7-5-10-24(17-21)25-18-28-31(35-20-25)38(30(37-28)27-11-6-16-34-29(27)33)26-14-12-22(13-15-26)19-36-32(39)23-8-3-2-4-9-23/h2-18,20H,19H2,1H3,(H2,33,34)(H,36,39). The number of pyridine rings is 2. The highest BCUT2D eigenvalue weighted by Crippen LogP contribution is 2.32. The minimum atomic E-state index is -0.108. The van der Waals surface area contributed by atoms with Crippen LogP contribution < -0.4 is 11.1 Å². The zero-order valence-corrected chi connectivity index (χ0v) is 21.4. The number of hydrogen-bond donors (Lipinski definition) is 2. The number of fused-ring (bicyclic) bond motifs is 1. The molecule has 3 aromatic carbocycles. The van der Waals surface area contributed by atoms with E-state index in [4.69, 9.17) is 15.7 Å². The van der Waals surface area contributed by atoms with E-state index in [2.05, 4.69) is 41.5 Å². The molecular weight excluding hydrogens is 484 g/mol. The maximum atomic E-state index is 12.5. The molecule has 1 amide bonds.